The lowest BCUT2D eigenvalue weighted by Gasteiger charge is -2.33. The molecule has 0 aliphatic carbocycles. The number of pyridine rings is 1. The Morgan fingerprint density at radius 1 is 1.18 bits per heavy atom. The topological polar surface area (TPSA) is 52.6 Å². The summed E-state index contributed by atoms with van der Waals surface area (Å²) in [7, 11) is 0. The zero-order valence-electron chi connectivity index (χ0n) is 16.6. The second kappa shape index (κ2) is 10.9. The SMILES string of the molecule is CCNC(=NCCCc1ccccc1Cl)NC1CCN(c2ccccn2)CC1. The summed E-state index contributed by atoms with van der Waals surface area (Å²) in [5.74, 6) is 1.99. The highest BCUT2D eigenvalue weighted by molar-refractivity contribution is 6.31. The molecule has 0 bridgehead atoms. The molecule has 150 valence electrons. The Labute approximate surface area is 173 Å². The average molecular weight is 400 g/mol. The van der Waals surface area contributed by atoms with Crippen LogP contribution in [0.3, 0.4) is 0 Å². The molecule has 0 spiro atoms. The molecule has 1 aliphatic heterocycles. The van der Waals surface area contributed by atoms with E-state index in [1.165, 1.54) is 5.56 Å². The van der Waals surface area contributed by atoms with Crippen molar-refractivity contribution in [3.63, 3.8) is 0 Å². The summed E-state index contributed by atoms with van der Waals surface area (Å²) in [6.45, 7) is 5.78. The molecule has 2 heterocycles. The number of hydrogen-bond donors (Lipinski definition) is 2. The van der Waals surface area contributed by atoms with E-state index in [1.54, 1.807) is 0 Å². The van der Waals surface area contributed by atoms with Crippen LogP contribution in [0.25, 0.3) is 0 Å². The lowest BCUT2D eigenvalue weighted by molar-refractivity contribution is 0.459. The molecule has 0 radical (unpaired) electrons. The van der Waals surface area contributed by atoms with Gasteiger partial charge in [-0.05, 0) is 56.4 Å². The Hall–Kier alpha value is -2.27. The molecule has 0 atom stereocenters. The van der Waals surface area contributed by atoms with Gasteiger partial charge in [0.05, 0.1) is 0 Å². The van der Waals surface area contributed by atoms with E-state index in [0.717, 1.165) is 68.7 Å². The number of hydrogen-bond acceptors (Lipinski definition) is 3. The van der Waals surface area contributed by atoms with Crippen molar-refractivity contribution < 1.29 is 0 Å². The van der Waals surface area contributed by atoms with Gasteiger partial charge in [0.1, 0.15) is 5.82 Å². The van der Waals surface area contributed by atoms with Gasteiger partial charge in [0, 0.05) is 43.4 Å². The number of guanidine groups is 1. The number of nitrogens with one attached hydrogen (secondary N) is 2. The van der Waals surface area contributed by atoms with Crippen LogP contribution in [0.5, 0.6) is 0 Å². The number of aromatic nitrogens is 1. The van der Waals surface area contributed by atoms with E-state index >= 15 is 0 Å². The van der Waals surface area contributed by atoms with Gasteiger partial charge in [-0.15, -0.1) is 0 Å². The molecular weight excluding hydrogens is 370 g/mol. The molecule has 6 heteroatoms. The molecule has 1 aliphatic rings. The van der Waals surface area contributed by atoms with Gasteiger partial charge in [-0.2, -0.15) is 0 Å². The van der Waals surface area contributed by atoms with Crippen LogP contribution < -0.4 is 15.5 Å². The van der Waals surface area contributed by atoms with Gasteiger partial charge in [0.25, 0.3) is 0 Å². The Kier molecular flexibility index (Phi) is 7.97. The predicted molar refractivity (Wildman–Crippen MR) is 118 cm³/mol. The van der Waals surface area contributed by atoms with Gasteiger partial charge in [0.2, 0.25) is 0 Å². The summed E-state index contributed by atoms with van der Waals surface area (Å²) in [4.78, 5) is 11.6. The zero-order chi connectivity index (χ0) is 19.6. The van der Waals surface area contributed by atoms with Crippen molar-refractivity contribution in [1.82, 2.24) is 15.6 Å². The van der Waals surface area contributed by atoms with Crippen molar-refractivity contribution in [3.8, 4) is 0 Å². The number of benzene rings is 1. The van der Waals surface area contributed by atoms with Gasteiger partial charge >= 0.3 is 0 Å². The third-order valence-corrected chi connectivity index (χ3v) is 5.35. The summed E-state index contributed by atoms with van der Waals surface area (Å²) in [6, 6.07) is 14.6. The number of anilines is 1. The van der Waals surface area contributed by atoms with Crippen LogP contribution in [0.2, 0.25) is 5.02 Å². The highest BCUT2D eigenvalue weighted by atomic mass is 35.5. The van der Waals surface area contributed by atoms with Crippen LogP contribution in [0.4, 0.5) is 5.82 Å². The predicted octanol–water partition coefficient (Wildman–Crippen LogP) is 3.89. The van der Waals surface area contributed by atoms with Gasteiger partial charge < -0.3 is 15.5 Å². The maximum absolute atomic E-state index is 6.23. The number of nitrogens with zero attached hydrogens (tertiary/aromatic N) is 3. The van der Waals surface area contributed by atoms with E-state index in [4.69, 9.17) is 16.6 Å². The fourth-order valence-electron chi connectivity index (χ4n) is 3.47. The molecule has 28 heavy (non-hydrogen) atoms. The maximum atomic E-state index is 6.23. The van der Waals surface area contributed by atoms with E-state index in [-0.39, 0.29) is 0 Å². The lowest BCUT2D eigenvalue weighted by Crippen LogP contribution is -2.49. The van der Waals surface area contributed by atoms with Crippen molar-refractivity contribution in [3.05, 3.63) is 59.2 Å². The third-order valence-electron chi connectivity index (χ3n) is 4.99. The fourth-order valence-corrected chi connectivity index (χ4v) is 3.70. The number of halogens is 1. The molecule has 1 fully saturated rings. The summed E-state index contributed by atoms with van der Waals surface area (Å²) in [5.41, 5.74) is 1.19. The molecule has 5 nitrogen and oxygen atoms in total. The van der Waals surface area contributed by atoms with Crippen molar-refractivity contribution in [2.24, 2.45) is 4.99 Å². The Morgan fingerprint density at radius 2 is 1.96 bits per heavy atom. The maximum Gasteiger partial charge on any atom is 0.191 e. The van der Waals surface area contributed by atoms with Gasteiger partial charge in [-0.25, -0.2) is 4.98 Å². The van der Waals surface area contributed by atoms with E-state index < -0.39 is 0 Å². The van der Waals surface area contributed by atoms with Crippen molar-refractivity contribution in [2.75, 3.05) is 31.1 Å². The molecule has 1 saturated heterocycles. The monoisotopic (exact) mass is 399 g/mol. The quantitative estimate of drug-likeness (QED) is 0.421. The first-order chi connectivity index (χ1) is 13.8. The molecular formula is C22H30ClN5. The molecule has 1 aromatic heterocycles. The fraction of sp³-hybridized carbons (Fsp3) is 0.455. The summed E-state index contributed by atoms with van der Waals surface area (Å²) in [6.07, 6.45) is 5.96. The Bertz CT molecular complexity index is 742. The second-order valence-electron chi connectivity index (χ2n) is 7.05. The van der Waals surface area contributed by atoms with Crippen molar-refractivity contribution in [2.45, 2.75) is 38.6 Å². The normalized spacial score (nSPS) is 15.5. The van der Waals surface area contributed by atoms with Crippen LogP contribution in [0.15, 0.2) is 53.7 Å². The van der Waals surface area contributed by atoms with Crippen LogP contribution in [0.1, 0.15) is 31.7 Å². The Balaban J connectivity index is 1.45. The zero-order valence-corrected chi connectivity index (χ0v) is 17.3. The first-order valence-corrected chi connectivity index (χ1v) is 10.6. The van der Waals surface area contributed by atoms with Crippen molar-refractivity contribution >= 4 is 23.4 Å². The van der Waals surface area contributed by atoms with Crippen LogP contribution in [0, 0.1) is 0 Å². The highest BCUT2D eigenvalue weighted by Gasteiger charge is 2.20. The van der Waals surface area contributed by atoms with E-state index in [0.29, 0.717) is 6.04 Å². The van der Waals surface area contributed by atoms with E-state index in [2.05, 4.69) is 39.6 Å². The van der Waals surface area contributed by atoms with E-state index in [9.17, 15) is 0 Å². The molecule has 0 saturated carbocycles. The number of aryl methyl sites for hydroxylation is 1. The molecule has 3 rings (SSSR count). The first kappa shape index (κ1) is 20.5. The number of piperidine rings is 1. The van der Waals surface area contributed by atoms with Crippen molar-refractivity contribution in [1.29, 1.82) is 0 Å². The van der Waals surface area contributed by atoms with Gasteiger partial charge in [-0.3, -0.25) is 4.99 Å². The molecule has 0 unspecified atom stereocenters. The molecule has 2 aromatic rings. The molecule has 2 N–H and O–H groups in total. The Morgan fingerprint density at radius 3 is 2.68 bits per heavy atom. The average Bonchev–Trinajstić information content (AvgIpc) is 2.73. The third kappa shape index (κ3) is 6.13. The first-order valence-electron chi connectivity index (χ1n) is 10.2. The number of rotatable bonds is 7. The molecule has 1 aromatic carbocycles. The largest absolute Gasteiger partial charge is 0.357 e. The standard InChI is InChI=1S/C22H30ClN5/c1-2-24-22(26-15-7-9-18-8-3-4-10-20(18)23)27-19-12-16-28(17-13-19)21-11-5-6-14-25-21/h3-6,8,10-11,14,19H,2,7,9,12-13,15-17H2,1H3,(H2,24,26,27). The minimum absolute atomic E-state index is 0.446. The summed E-state index contributed by atoms with van der Waals surface area (Å²) >= 11 is 6.23. The van der Waals surface area contributed by atoms with Crippen LogP contribution >= 0.6 is 11.6 Å². The van der Waals surface area contributed by atoms with Crippen LogP contribution in [-0.2, 0) is 6.42 Å². The summed E-state index contributed by atoms with van der Waals surface area (Å²) in [5, 5.41) is 7.82. The smallest absolute Gasteiger partial charge is 0.191 e. The van der Waals surface area contributed by atoms with Gasteiger partial charge in [0.15, 0.2) is 5.96 Å². The summed E-state index contributed by atoms with van der Waals surface area (Å²) < 4.78 is 0. The second-order valence-corrected chi connectivity index (χ2v) is 7.46. The van der Waals surface area contributed by atoms with Crippen LogP contribution in [-0.4, -0.2) is 43.2 Å². The number of aliphatic imine (C=N–C) groups is 1. The minimum atomic E-state index is 0.446. The minimum Gasteiger partial charge on any atom is -0.357 e. The van der Waals surface area contributed by atoms with E-state index in [1.807, 2.05) is 36.5 Å². The van der Waals surface area contributed by atoms with Gasteiger partial charge in [-0.1, -0.05) is 35.9 Å². The molecule has 0 amide bonds. The highest BCUT2D eigenvalue weighted by Crippen LogP contribution is 2.18. The lowest BCUT2D eigenvalue weighted by atomic mass is 10.1.